The number of hydrogen-bond acceptors (Lipinski definition) is 7. The number of ether oxygens (including phenoxy) is 1. The van der Waals surface area contributed by atoms with Gasteiger partial charge in [0.25, 0.3) is 0 Å². The number of aromatic nitrogens is 1. The number of nitrogens with zero attached hydrogens (tertiary/aromatic N) is 2. The molecule has 0 aliphatic carbocycles. The number of rotatable bonds is 9. The van der Waals surface area contributed by atoms with Crippen molar-refractivity contribution in [3.8, 4) is 11.3 Å². The molecule has 5 rings (SSSR count). The fourth-order valence-corrected chi connectivity index (χ4v) is 4.99. The monoisotopic (exact) mass is 572 g/mol. The van der Waals surface area contributed by atoms with Gasteiger partial charge in [0.05, 0.1) is 22.9 Å². The highest BCUT2D eigenvalue weighted by Gasteiger charge is 2.42. The maximum absolute atomic E-state index is 11.9. The van der Waals surface area contributed by atoms with Gasteiger partial charge < -0.3 is 34.9 Å². The Morgan fingerprint density at radius 3 is 2.34 bits per heavy atom. The number of methoxy groups -OCH3 is 1. The number of benzene rings is 2. The van der Waals surface area contributed by atoms with Crippen molar-refractivity contribution in [1.29, 1.82) is 0 Å². The second-order valence-electron chi connectivity index (χ2n) is 9.14. The van der Waals surface area contributed by atoms with Crippen LogP contribution in [0.1, 0.15) is 44.3 Å². The van der Waals surface area contributed by atoms with E-state index < -0.39 is 24.0 Å². The Balaban J connectivity index is 1.54. The smallest absolute Gasteiger partial charge is 0.335 e. The topological polar surface area (TPSA) is 154 Å². The quantitative estimate of drug-likeness (QED) is 0.210. The second kappa shape index (κ2) is 11.6. The summed E-state index contributed by atoms with van der Waals surface area (Å²) in [6.45, 7) is -0.0696. The first kappa shape index (κ1) is 27.5. The van der Waals surface area contributed by atoms with Crippen LogP contribution in [0.4, 0.5) is 11.4 Å². The standard InChI is InChI=1S/C29H24N4O7S/c1-39-15-24(34)31-19-5-7-20(8-6-19)33-26(25(32-29(33)41)21-4-2-3-11-30-21)23-10-9-22(40-23)16-12-17(27(35)36)14-18(13-16)28(37)38/h2-14,25-26H,15H2,1H3,(H,31,34)(H,32,41)(H,35,36)(H,37,38)/t25-,26-/m1/s1. The van der Waals surface area contributed by atoms with Crippen LogP contribution in [-0.4, -0.2) is 51.9 Å². The van der Waals surface area contributed by atoms with Crippen molar-refractivity contribution in [2.24, 2.45) is 0 Å². The molecule has 4 N–H and O–H groups in total. The predicted octanol–water partition coefficient (Wildman–Crippen LogP) is 4.50. The zero-order valence-electron chi connectivity index (χ0n) is 21.6. The van der Waals surface area contributed by atoms with E-state index in [9.17, 15) is 24.6 Å². The Morgan fingerprint density at radius 2 is 1.73 bits per heavy atom. The van der Waals surface area contributed by atoms with Crippen molar-refractivity contribution >= 4 is 46.6 Å². The van der Waals surface area contributed by atoms with Gasteiger partial charge in [-0.05, 0) is 78.9 Å². The first-order chi connectivity index (χ1) is 19.7. The highest BCUT2D eigenvalue weighted by Crippen LogP contribution is 2.43. The molecule has 0 spiro atoms. The summed E-state index contributed by atoms with van der Waals surface area (Å²) in [5, 5.41) is 25.5. The minimum Gasteiger partial charge on any atom is -0.478 e. The van der Waals surface area contributed by atoms with Crippen LogP contribution < -0.4 is 15.5 Å². The summed E-state index contributed by atoms with van der Waals surface area (Å²) in [7, 11) is 1.44. The molecule has 3 heterocycles. The van der Waals surface area contributed by atoms with Crippen LogP contribution >= 0.6 is 12.2 Å². The fourth-order valence-electron chi connectivity index (χ4n) is 4.64. The molecular weight excluding hydrogens is 548 g/mol. The summed E-state index contributed by atoms with van der Waals surface area (Å²) in [6, 6.07) is 18.9. The average molecular weight is 573 g/mol. The maximum Gasteiger partial charge on any atom is 0.335 e. The normalized spacial score (nSPS) is 16.3. The Kier molecular flexibility index (Phi) is 7.77. The molecule has 1 amide bonds. The zero-order valence-corrected chi connectivity index (χ0v) is 22.4. The SMILES string of the molecule is COCC(=O)Nc1ccc(N2C(=S)N[C@H](c3ccccn3)[C@H]2c2ccc(-c3cc(C(=O)O)cc(C(=O)O)c3)o2)cc1. The fraction of sp³-hybridized carbons (Fsp3) is 0.138. The first-order valence-corrected chi connectivity index (χ1v) is 12.8. The maximum atomic E-state index is 11.9. The van der Waals surface area contributed by atoms with E-state index >= 15 is 0 Å². The molecule has 41 heavy (non-hydrogen) atoms. The van der Waals surface area contributed by atoms with Crippen LogP contribution in [0.2, 0.25) is 0 Å². The van der Waals surface area contributed by atoms with Gasteiger partial charge in [0.15, 0.2) is 5.11 Å². The van der Waals surface area contributed by atoms with E-state index in [-0.39, 0.29) is 23.6 Å². The van der Waals surface area contributed by atoms with Gasteiger partial charge in [0.2, 0.25) is 5.91 Å². The van der Waals surface area contributed by atoms with Crippen molar-refractivity contribution in [3.05, 3.63) is 102 Å². The lowest BCUT2D eigenvalue weighted by Gasteiger charge is -2.26. The number of furan rings is 1. The number of carbonyl (C=O) groups is 3. The lowest BCUT2D eigenvalue weighted by Crippen LogP contribution is -2.29. The van der Waals surface area contributed by atoms with Crippen molar-refractivity contribution < 1.29 is 33.8 Å². The van der Waals surface area contributed by atoms with E-state index in [0.717, 1.165) is 11.8 Å². The Hall–Kier alpha value is -5.07. The van der Waals surface area contributed by atoms with E-state index in [1.165, 1.54) is 19.2 Å². The molecule has 0 bridgehead atoms. The van der Waals surface area contributed by atoms with Crippen LogP contribution in [0, 0.1) is 0 Å². The number of aromatic carboxylic acids is 2. The van der Waals surface area contributed by atoms with Crippen molar-refractivity contribution in [1.82, 2.24) is 10.3 Å². The summed E-state index contributed by atoms with van der Waals surface area (Å²) in [6.07, 6.45) is 1.68. The molecule has 12 heteroatoms. The van der Waals surface area contributed by atoms with Gasteiger partial charge in [-0.15, -0.1) is 0 Å². The molecule has 4 aromatic rings. The minimum absolute atomic E-state index is 0.0696. The Bertz CT molecular complexity index is 1590. The van der Waals surface area contributed by atoms with Crippen molar-refractivity contribution in [2.75, 3.05) is 23.9 Å². The minimum atomic E-state index is -1.25. The Labute approximate surface area is 239 Å². The lowest BCUT2D eigenvalue weighted by atomic mass is 10.0. The zero-order chi connectivity index (χ0) is 29.1. The van der Waals surface area contributed by atoms with Gasteiger partial charge >= 0.3 is 11.9 Å². The summed E-state index contributed by atoms with van der Waals surface area (Å²) >= 11 is 5.73. The largest absolute Gasteiger partial charge is 0.478 e. The van der Waals surface area contributed by atoms with Gasteiger partial charge in [-0.1, -0.05) is 6.07 Å². The Morgan fingerprint density at radius 1 is 1.02 bits per heavy atom. The average Bonchev–Trinajstić information content (AvgIpc) is 3.58. The highest BCUT2D eigenvalue weighted by molar-refractivity contribution is 7.80. The van der Waals surface area contributed by atoms with Crippen molar-refractivity contribution in [3.63, 3.8) is 0 Å². The van der Waals surface area contributed by atoms with Crippen molar-refractivity contribution in [2.45, 2.75) is 12.1 Å². The van der Waals surface area contributed by atoms with Gasteiger partial charge in [-0.2, -0.15) is 0 Å². The molecule has 1 saturated heterocycles. The third-order valence-electron chi connectivity index (χ3n) is 6.43. The van der Waals surface area contributed by atoms with Crippen LogP contribution in [-0.2, 0) is 9.53 Å². The summed E-state index contributed by atoms with van der Waals surface area (Å²) in [4.78, 5) is 41.6. The van der Waals surface area contributed by atoms with E-state index in [2.05, 4.69) is 15.6 Å². The first-order valence-electron chi connectivity index (χ1n) is 12.4. The van der Waals surface area contributed by atoms with Gasteiger partial charge in [-0.3, -0.25) is 9.78 Å². The number of thiocarbonyl (C=S) groups is 1. The molecule has 208 valence electrons. The number of carboxylic acids is 2. The molecule has 2 aromatic heterocycles. The van der Waals surface area contributed by atoms with Crippen LogP contribution in [0.15, 0.2) is 83.4 Å². The second-order valence-corrected chi connectivity index (χ2v) is 9.52. The lowest BCUT2D eigenvalue weighted by molar-refractivity contribution is -0.119. The number of carbonyl (C=O) groups excluding carboxylic acids is 1. The van der Waals surface area contributed by atoms with Crippen LogP contribution in [0.25, 0.3) is 11.3 Å². The molecule has 0 radical (unpaired) electrons. The predicted molar refractivity (Wildman–Crippen MR) is 153 cm³/mol. The van der Waals surface area contributed by atoms with Gasteiger partial charge in [0, 0.05) is 30.2 Å². The highest BCUT2D eigenvalue weighted by atomic mass is 32.1. The van der Waals surface area contributed by atoms with Crippen LogP contribution in [0.3, 0.4) is 0 Å². The van der Waals surface area contributed by atoms with E-state index in [1.807, 2.05) is 29.2 Å². The summed E-state index contributed by atoms with van der Waals surface area (Å²) < 4.78 is 11.1. The molecule has 2 aromatic carbocycles. The molecule has 2 atom stereocenters. The molecule has 0 saturated carbocycles. The third-order valence-corrected chi connectivity index (χ3v) is 6.75. The van der Waals surface area contributed by atoms with Gasteiger partial charge in [0.1, 0.15) is 24.2 Å². The molecule has 1 fully saturated rings. The van der Waals surface area contributed by atoms with E-state index in [1.54, 1.807) is 36.5 Å². The molecule has 11 nitrogen and oxygen atoms in total. The number of pyridine rings is 1. The molecule has 1 aliphatic heterocycles. The third kappa shape index (κ3) is 5.78. The molecular formula is C29H24N4O7S. The van der Waals surface area contributed by atoms with E-state index in [0.29, 0.717) is 33.6 Å². The van der Waals surface area contributed by atoms with Crippen LogP contribution in [0.5, 0.6) is 0 Å². The number of amides is 1. The number of carboxylic acid groups (broad SMARTS) is 2. The summed E-state index contributed by atoms with van der Waals surface area (Å²) in [5.41, 5.74) is 1.97. The molecule has 0 unspecified atom stereocenters. The number of hydrogen-bond donors (Lipinski definition) is 4. The number of nitrogens with one attached hydrogen (secondary N) is 2. The van der Waals surface area contributed by atoms with Gasteiger partial charge in [-0.25, -0.2) is 9.59 Å². The molecule has 1 aliphatic rings. The van der Waals surface area contributed by atoms with E-state index in [4.69, 9.17) is 21.4 Å². The number of anilines is 2. The summed E-state index contributed by atoms with van der Waals surface area (Å²) in [5.74, 6) is -2.02.